The van der Waals surface area contributed by atoms with Crippen LogP contribution in [0.5, 0.6) is 0 Å². The molecule has 0 aromatic carbocycles. The van der Waals surface area contributed by atoms with Crippen LogP contribution in [-0.2, 0) is 12.8 Å². The second kappa shape index (κ2) is 4.13. The molecule has 0 N–H and O–H groups in total. The first-order chi connectivity index (χ1) is 8.40. The Bertz CT molecular complexity index is 545. The number of pyridine rings is 1. The molecule has 4 nitrogen and oxygen atoms in total. The summed E-state index contributed by atoms with van der Waals surface area (Å²) in [6.07, 6.45) is 6.82. The van der Waals surface area contributed by atoms with Crippen molar-refractivity contribution in [1.82, 2.24) is 14.8 Å². The molecule has 0 aliphatic heterocycles. The molecule has 3 rings (SSSR count). The summed E-state index contributed by atoms with van der Waals surface area (Å²) in [7, 11) is 0. The van der Waals surface area contributed by atoms with E-state index in [1.54, 1.807) is 6.20 Å². The summed E-state index contributed by atoms with van der Waals surface area (Å²) in [6.45, 7) is 0. The molecule has 17 heavy (non-hydrogen) atoms. The second-order valence-electron chi connectivity index (χ2n) is 4.24. The SMILES string of the molecule is O=Cc1nn(-c2ccccn2)c2c1CCCC2. The molecule has 0 radical (unpaired) electrons. The molecule has 0 unspecified atom stereocenters. The van der Waals surface area contributed by atoms with E-state index in [1.807, 2.05) is 22.9 Å². The van der Waals surface area contributed by atoms with Crippen molar-refractivity contribution < 1.29 is 4.79 Å². The molecular weight excluding hydrogens is 214 g/mol. The smallest absolute Gasteiger partial charge is 0.170 e. The number of aromatic nitrogens is 3. The summed E-state index contributed by atoms with van der Waals surface area (Å²) in [5.74, 6) is 0.791. The Kier molecular flexibility index (Phi) is 2.48. The van der Waals surface area contributed by atoms with E-state index in [2.05, 4.69) is 10.1 Å². The van der Waals surface area contributed by atoms with Gasteiger partial charge < -0.3 is 0 Å². The molecule has 4 heteroatoms. The highest BCUT2D eigenvalue weighted by molar-refractivity contribution is 5.75. The fourth-order valence-electron chi connectivity index (χ4n) is 2.39. The largest absolute Gasteiger partial charge is 0.296 e. The minimum atomic E-state index is 0.574. The van der Waals surface area contributed by atoms with E-state index in [9.17, 15) is 4.79 Å². The van der Waals surface area contributed by atoms with Crippen molar-refractivity contribution in [3.05, 3.63) is 41.3 Å². The zero-order valence-corrected chi connectivity index (χ0v) is 9.47. The lowest BCUT2D eigenvalue weighted by atomic mass is 9.96. The van der Waals surface area contributed by atoms with Crippen LogP contribution in [0.15, 0.2) is 24.4 Å². The van der Waals surface area contributed by atoms with Crippen molar-refractivity contribution in [3.8, 4) is 5.82 Å². The van der Waals surface area contributed by atoms with Crippen LogP contribution in [0.2, 0.25) is 0 Å². The zero-order valence-electron chi connectivity index (χ0n) is 9.47. The van der Waals surface area contributed by atoms with Gasteiger partial charge in [-0.3, -0.25) is 4.79 Å². The average molecular weight is 227 g/mol. The Hall–Kier alpha value is -1.97. The van der Waals surface area contributed by atoms with Gasteiger partial charge in [0, 0.05) is 17.5 Å². The number of hydrogen-bond donors (Lipinski definition) is 0. The van der Waals surface area contributed by atoms with Crippen LogP contribution in [0.25, 0.3) is 5.82 Å². The van der Waals surface area contributed by atoms with Gasteiger partial charge in [0.25, 0.3) is 0 Å². The molecule has 1 aliphatic carbocycles. The third-order valence-corrected chi connectivity index (χ3v) is 3.19. The number of aldehydes is 1. The highest BCUT2D eigenvalue weighted by atomic mass is 16.1. The van der Waals surface area contributed by atoms with Crippen molar-refractivity contribution in [2.75, 3.05) is 0 Å². The molecule has 0 amide bonds. The minimum Gasteiger partial charge on any atom is -0.296 e. The Morgan fingerprint density at radius 1 is 1.24 bits per heavy atom. The summed E-state index contributed by atoms with van der Waals surface area (Å²) in [5.41, 5.74) is 2.83. The van der Waals surface area contributed by atoms with Gasteiger partial charge in [0.05, 0.1) is 0 Å². The Balaban J connectivity index is 2.17. The molecule has 0 saturated heterocycles. The van der Waals surface area contributed by atoms with E-state index in [0.29, 0.717) is 5.69 Å². The monoisotopic (exact) mass is 227 g/mol. The minimum absolute atomic E-state index is 0.574. The van der Waals surface area contributed by atoms with Crippen molar-refractivity contribution in [3.63, 3.8) is 0 Å². The molecule has 0 fully saturated rings. The summed E-state index contributed by atoms with van der Waals surface area (Å²) in [4.78, 5) is 15.3. The zero-order chi connectivity index (χ0) is 11.7. The molecule has 0 bridgehead atoms. The molecule has 2 heterocycles. The van der Waals surface area contributed by atoms with Crippen LogP contribution in [0.3, 0.4) is 0 Å². The van der Waals surface area contributed by atoms with Crippen LogP contribution in [-0.4, -0.2) is 21.1 Å². The van der Waals surface area contributed by atoms with Gasteiger partial charge in [0.15, 0.2) is 12.1 Å². The maximum Gasteiger partial charge on any atom is 0.170 e. The van der Waals surface area contributed by atoms with Gasteiger partial charge in [-0.15, -0.1) is 0 Å². The van der Waals surface area contributed by atoms with Gasteiger partial charge in [-0.05, 0) is 37.8 Å². The van der Waals surface area contributed by atoms with E-state index in [4.69, 9.17) is 0 Å². The van der Waals surface area contributed by atoms with Gasteiger partial charge in [-0.1, -0.05) is 6.07 Å². The number of rotatable bonds is 2. The predicted octanol–water partition coefficient (Wildman–Crippen LogP) is 1.96. The van der Waals surface area contributed by atoms with Crippen molar-refractivity contribution in [2.45, 2.75) is 25.7 Å². The number of fused-ring (bicyclic) bond motifs is 1. The van der Waals surface area contributed by atoms with Gasteiger partial charge in [0.2, 0.25) is 0 Å². The highest BCUT2D eigenvalue weighted by Gasteiger charge is 2.21. The van der Waals surface area contributed by atoms with Crippen LogP contribution in [0.4, 0.5) is 0 Å². The van der Waals surface area contributed by atoms with E-state index < -0.39 is 0 Å². The van der Waals surface area contributed by atoms with Crippen LogP contribution >= 0.6 is 0 Å². The maximum atomic E-state index is 11.0. The average Bonchev–Trinajstić information content (AvgIpc) is 2.78. The van der Waals surface area contributed by atoms with Crippen LogP contribution < -0.4 is 0 Å². The highest BCUT2D eigenvalue weighted by Crippen LogP contribution is 2.25. The molecule has 1 aliphatic rings. The van der Waals surface area contributed by atoms with Crippen LogP contribution in [0, 0.1) is 0 Å². The topological polar surface area (TPSA) is 47.8 Å². The van der Waals surface area contributed by atoms with Crippen molar-refractivity contribution in [1.29, 1.82) is 0 Å². The lowest BCUT2D eigenvalue weighted by molar-refractivity contribution is 0.111. The third-order valence-electron chi connectivity index (χ3n) is 3.19. The van der Waals surface area contributed by atoms with Crippen molar-refractivity contribution in [2.24, 2.45) is 0 Å². The van der Waals surface area contributed by atoms with E-state index in [1.165, 1.54) is 0 Å². The van der Waals surface area contributed by atoms with E-state index >= 15 is 0 Å². The molecular formula is C13H13N3O. The predicted molar refractivity (Wildman–Crippen MR) is 63.4 cm³/mol. The number of carbonyl (C=O) groups is 1. The maximum absolute atomic E-state index is 11.0. The fraction of sp³-hybridized carbons (Fsp3) is 0.308. The number of carbonyl (C=O) groups excluding carboxylic acids is 1. The quantitative estimate of drug-likeness (QED) is 0.737. The standard InChI is InChI=1S/C13H13N3O/c17-9-11-10-5-1-2-6-12(10)16(15-11)13-7-3-4-8-14-13/h3-4,7-9H,1-2,5-6H2. The van der Waals surface area contributed by atoms with E-state index in [0.717, 1.165) is 49.0 Å². The van der Waals surface area contributed by atoms with Crippen LogP contribution in [0.1, 0.15) is 34.6 Å². The third kappa shape index (κ3) is 1.65. The van der Waals surface area contributed by atoms with Gasteiger partial charge in [-0.25, -0.2) is 9.67 Å². The Morgan fingerprint density at radius 2 is 2.12 bits per heavy atom. The van der Waals surface area contributed by atoms with Gasteiger partial charge in [0.1, 0.15) is 5.69 Å². The number of hydrogen-bond acceptors (Lipinski definition) is 3. The van der Waals surface area contributed by atoms with E-state index in [-0.39, 0.29) is 0 Å². The first kappa shape index (κ1) is 10.2. The Morgan fingerprint density at radius 3 is 2.88 bits per heavy atom. The first-order valence-corrected chi connectivity index (χ1v) is 5.87. The normalized spacial score (nSPS) is 14.4. The lowest BCUT2D eigenvalue weighted by Gasteiger charge is -2.13. The summed E-state index contributed by atoms with van der Waals surface area (Å²) >= 11 is 0. The molecule has 86 valence electrons. The Labute approximate surface area is 99.3 Å². The number of nitrogens with zero attached hydrogens (tertiary/aromatic N) is 3. The summed E-state index contributed by atoms with van der Waals surface area (Å²) < 4.78 is 1.82. The summed E-state index contributed by atoms with van der Waals surface area (Å²) in [5, 5.41) is 4.37. The van der Waals surface area contributed by atoms with Crippen molar-refractivity contribution >= 4 is 6.29 Å². The molecule has 0 saturated carbocycles. The fourth-order valence-corrected chi connectivity index (χ4v) is 2.39. The van der Waals surface area contributed by atoms with Gasteiger partial charge >= 0.3 is 0 Å². The second-order valence-corrected chi connectivity index (χ2v) is 4.24. The molecule has 2 aromatic rings. The summed E-state index contributed by atoms with van der Waals surface area (Å²) in [6, 6.07) is 5.72. The lowest BCUT2D eigenvalue weighted by Crippen LogP contribution is -2.08. The molecule has 0 spiro atoms. The molecule has 2 aromatic heterocycles. The molecule has 0 atom stereocenters. The first-order valence-electron chi connectivity index (χ1n) is 5.87. The van der Waals surface area contributed by atoms with Gasteiger partial charge in [-0.2, -0.15) is 5.10 Å².